The van der Waals surface area contributed by atoms with E-state index in [4.69, 9.17) is 15.0 Å². The molecule has 0 aliphatic rings. The number of aromatic hydroxyl groups is 1. The molecular formula is C10H10FN3O3. The Bertz CT molecular complexity index is 542. The topological polar surface area (TPSA) is 94.4 Å². The molecule has 2 aromatic rings. The Hall–Kier alpha value is -2.15. The molecule has 90 valence electrons. The first-order chi connectivity index (χ1) is 8.15. The van der Waals surface area contributed by atoms with Gasteiger partial charge in [0.1, 0.15) is 5.75 Å². The smallest absolute Gasteiger partial charge is 0.240 e. The van der Waals surface area contributed by atoms with E-state index in [-0.39, 0.29) is 24.0 Å². The highest BCUT2D eigenvalue weighted by Gasteiger charge is 2.16. The first kappa shape index (κ1) is 11.3. The monoisotopic (exact) mass is 239 g/mol. The number of aromatic nitrogens is 2. The van der Waals surface area contributed by atoms with Crippen molar-refractivity contribution < 1.29 is 18.8 Å². The van der Waals surface area contributed by atoms with Gasteiger partial charge >= 0.3 is 0 Å². The van der Waals surface area contributed by atoms with Gasteiger partial charge < -0.3 is 20.1 Å². The Morgan fingerprint density at radius 2 is 2.29 bits per heavy atom. The van der Waals surface area contributed by atoms with Crippen molar-refractivity contribution in [3.05, 3.63) is 23.8 Å². The highest BCUT2D eigenvalue weighted by atomic mass is 19.1. The van der Waals surface area contributed by atoms with Crippen LogP contribution in [0.15, 0.2) is 16.7 Å². The number of nitrogens with two attached hydrogens (primary N) is 1. The van der Waals surface area contributed by atoms with Crippen molar-refractivity contribution in [1.82, 2.24) is 10.1 Å². The van der Waals surface area contributed by atoms with Gasteiger partial charge in [0.05, 0.1) is 19.2 Å². The summed E-state index contributed by atoms with van der Waals surface area (Å²) in [5.41, 5.74) is 5.66. The third kappa shape index (κ3) is 2.04. The molecule has 7 heteroatoms. The standard InChI is InChI=1S/C10H10FN3O3/c1-16-8-3-6(11)7(15)2-5(8)10-13-9(4-12)17-14-10/h2-3,15H,4,12H2,1H3. The van der Waals surface area contributed by atoms with Crippen LogP contribution in [-0.4, -0.2) is 22.4 Å². The van der Waals surface area contributed by atoms with Gasteiger partial charge in [0, 0.05) is 6.07 Å². The Kier molecular flexibility index (Phi) is 2.92. The van der Waals surface area contributed by atoms with Crippen molar-refractivity contribution in [1.29, 1.82) is 0 Å². The highest BCUT2D eigenvalue weighted by molar-refractivity contribution is 5.66. The molecule has 0 amide bonds. The number of hydrogen-bond donors (Lipinski definition) is 2. The first-order valence-corrected chi connectivity index (χ1v) is 4.75. The number of nitrogens with zero attached hydrogens (tertiary/aromatic N) is 2. The fourth-order valence-corrected chi connectivity index (χ4v) is 1.33. The Balaban J connectivity index is 2.53. The van der Waals surface area contributed by atoms with Gasteiger partial charge in [-0.2, -0.15) is 4.98 Å². The minimum atomic E-state index is -0.784. The van der Waals surface area contributed by atoms with E-state index in [1.54, 1.807) is 0 Å². The average Bonchev–Trinajstić information content (AvgIpc) is 2.80. The molecule has 0 aliphatic heterocycles. The number of rotatable bonds is 3. The molecular weight excluding hydrogens is 229 g/mol. The van der Waals surface area contributed by atoms with Crippen LogP contribution < -0.4 is 10.5 Å². The molecule has 0 aliphatic carbocycles. The zero-order valence-corrected chi connectivity index (χ0v) is 8.98. The number of ether oxygens (including phenoxy) is 1. The molecule has 1 aromatic heterocycles. The minimum absolute atomic E-state index is 0.0997. The lowest BCUT2D eigenvalue weighted by molar-refractivity contribution is 0.379. The molecule has 0 atom stereocenters. The van der Waals surface area contributed by atoms with Crippen LogP contribution in [0.2, 0.25) is 0 Å². The van der Waals surface area contributed by atoms with E-state index in [0.29, 0.717) is 5.56 Å². The second-order valence-corrected chi connectivity index (χ2v) is 3.22. The second kappa shape index (κ2) is 4.38. The molecule has 1 aromatic carbocycles. The van der Waals surface area contributed by atoms with Gasteiger partial charge in [-0.15, -0.1) is 0 Å². The van der Waals surface area contributed by atoms with Crippen molar-refractivity contribution in [3.8, 4) is 22.9 Å². The van der Waals surface area contributed by atoms with Crippen LogP contribution in [0.1, 0.15) is 5.89 Å². The van der Waals surface area contributed by atoms with E-state index in [9.17, 15) is 9.50 Å². The number of benzene rings is 1. The molecule has 0 unspecified atom stereocenters. The maximum atomic E-state index is 13.1. The van der Waals surface area contributed by atoms with E-state index in [1.165, 1.54) is 13.2 Å². The summed E-state index contributed by atoms with van der Waals surface area (Å²) in [5, 5.41) is 13.0. The second-order valence-electron chi connectivity index (χ2n) is 3.22. The summed E-state index contributed by atoms with van der Waals surface area (Å²) in [6.07, 6.45) is 0. The zero-order valence-electron chi connectivity index (χ0n) is 8.98. The molecule has 0 spiro atoms. The average molecular weight is 239 g/mol. The third-order valence-electron chi connectivity index (χ3n) is 2.15. The molecule has 1 heterocycles. The van der Waals surface area contributed by atoms with E-state index in [0.717, 1.165) is 6.07 Å². The summed E-state index contributed by atoms with van der Waals surface area (Å²) >= 11 is 0. The summed E-state index contributed by atoms with van der Waals surface area (Å²) in [6.45, 7) is 0.0997. The number of halogens is 1. The SMILES string of the molecule is COc1cc(F)c(O)cc1-c1noc(CN)n1. The van der Waals surface area contributed by atoms with Crippen molar-refractivity contribution in [3.63, 3.8) is 0 Å². The first-order valence-electron chi connectivity index (χ1n) is 4.75. The van der Waals surface area contributed by atoms with Crippen LogP contribution in [0, 0.1) is 5.82 Å². The van der Waals surface area contributed by atoms with Gasteiger partial charge in [-0.25, -0.2) is 4.39 Å². The number of phenolic OH excluding ortho intramolecular Hbond substituents is 1. The third-order valence-corrected chi connectivity index (χ3v) is 2.15. The summed E-state index contributed by atoms with van der Waals surface area (Å²) < 4.78 is 22.9. The van der Waals surface area contributed by atoms with Crippen LogP contribution in [-0.2, 0) is 6.54 Å². The van der Waals surface area contributed by atoms with Gasteiger partial charge in [-0.3, -0.25) is 0 Å². The fourth-order valence-electron chi connectivity index (χ4n) is 1.33. The van der Waals surface area contributed by atoms with Crippen molar-refractivity contribution in [2.45, 2.75) is 6.54 Å². The van der Waals surface area contributed by atoms with Crippen LogP contribution in [0.4, 0.5) is 4.39 Å². The molecule has 6 nitrogen and oxygen atoms in total. The van der Waals surface area contributed by atoms with Crippen molar-refractivity contribution in [2.24, 2.45) is 5.73 Å². The molecule has 0 radical (unpaired) electrons. The Morgan fingerprint density at radius 1 is 1.53 bits per heavy atom. The summed E-state index contributed by atoms with van der Waals surface area (Å²) in [4.78, 5) is 3.96. The Morgan fingerprint density at radius 3 is 2.88 bits per heavy atom. The van der Waals surface area contributed by atoms with Crippen molar-refractivity contribution >= 4 is 0 Å². The number of methoxy groups -OCH3 is 1. The quantitative estimate of drug-likeness (QED) is 0.831. The van der Waals surface area contributed by atoms with Gasteiger partial charge in [0.15, 0.2) is 11.6 Å². The van der Waals surface area contributed by atoms with E-state index >= 15 is 0 Å². The van der Waals surface area contributed by atoms with Crippen molar-refractivity contribution in [2.75, 3.05) is 7.11 Å². The molecule has 0 saturated carbocycles. The van der Waals surface area contributed by atoms with Gasteiger partial charge in [0.2, 0.25) is 11.7 Å². The zero-order chi connectivity index (χ0) is 12.4. The lowest BCUT2D eigenvalue weighted by Gasteiger charge is -2.06. The van der Waals surface area contributed by atoms with Crippen LogP contribution >= 0.6 is 0 Å². The molecule has 17 heavy (non-hydrogen) atoms. The van der Waals surface area contributed by atoms with E-state index in [1.807, 2.05) is 0 Å². The molecule has 2 rings (SSSR count). The lowest BCUT2D eigenvalue weighted by Crippen LogP contribution is -1.96. The maximum absolute atomic E-state index is 13.1. The maximum Gasteiger partial charge on any atom is 0.240 e. The summed E-state index contributed by atoms with van der Waals surface area (Å²) in [5.74, 6) is -0.679. The van der Waals surface area contributed by atoms with E-state index < -0.39 is 11.6 Å². The van der Waals surface area contributed by atoms with Gasteiger partial charge in [-0.05, 0) is 6.07 Å². The van der Waals surface area contributed by atoms with Gasteiger partial charge in [-0.1, -0.05) is 5.16 Å². The normalized spacial score (nSPS) is 10.5. The molecule has 0 bridgehead atoms. The predicted octanol–water partition coefficient (Wildman–Crippen LogP) is 1.05. The van der Waals surface area contributed by atoms with Crippen LogP contribution in [0.5, 0.6) is 11.5 Å². The number of hydrogen-bond acceptors (Lipinski definition) is 6. The van der Waals surface area contributed by atoms with Crippen LogP contribution in [0.3, 0.4) is 0 Å². The minimum Gasteiger partial charge on any atom is -0.505 e. The summed E-state index contributed by atoms with van der Waals surface area (Å²) in [6, 6.07) is 2.21. The predicted molar refractivity (Wildman–Crippen MR) is 55.8 cm³/mol. The summed E-state index contributed by atoms with van der Waals surface area (Å²) in [7, 11) is 1.37. The van der Waals surface area contributed by atoms with E-state index in [2.05, 4.69) is 10.1 Å². The number of phenols is 1. The fraction of sp³-hybridized carbons (Fsp3) is 0.200. The molecule has 3 N–H and O–H groups in total. The lowest BCUT2D eigenvalue weighted by atomic mass is 10.1. The Labute approximate surface area is 95.8 Å². The largest absolute Gasteiger partial charge is 0.505 e. The molecule has 0 fully saturated rings. The van der Waals surface area contributed by atoms with Gasteiger partial charge in [0.25, 0.3) is 0 Å². The van der Waals surface area contributed by atoms with Crippen LogP contribution in [0.25, 0.3) is 11.4 Å². The highest BCUT2D eigenvalue weighted by Crippen LogP contribution is 2.33. The molecule has 0 saturated heterocycles.